The first kappa shape index (κ1) is 41.2. The van der Waals surface area contributed by atoms with Crippen molar-refractivity contribution < 1.29 is 41.4 Å². The number of hydrogen-bond donors (Lipinski definition) is 3. The quantitative estimate of drug-likeness (QED) is 0.136. The molecule has 0 spiro atoms. The van der Waals surface area contributed by atoms with Crippen LogP contribution in [0.1, 0.15) is 52.5 Å². The number of hydrogen-bond acceptors (Lipinski definition) is 7. The van der Waals surface area contributed by atoms with Gasteiger partial charge in [-0.15, -0.1) is 0 Å². The number of piperazine rings is 1. The lowest BCUT2D eigenvalue weighted by molar-refractivity contribution is -0.192. The number of urea groups is 1. The Kier molecular flexibility index (Phi) is 12.4. The Hall–Kier alpha value is -6.42. The highest BCUT2D eigenvalue weighted by Gasteiger charge is 2.38. The van der Waals surface area contributed by atoms with E-state index in [0.717, 1.165) is 22.6 Å². The van der Waals surface area contributed by atoms with Gasteiger partial charge in [-0.25, -0.2) is 28.3 Å². The fourth-order valence-corrected chi connectivity index (χ4v) is 6.85. The fourth-order valence-electron chi connectivity index (χ4n) is 6.85. The van der Waals surface area contributed by atoms with Gasteiger partial charge in [0.05, 0.1) is 18.3 Å². The number of anilines is 3. The van der Waals surface area contributed by atoms with E-state index in [0.29, 0.717) is 54.5 Å². The summed E-state index contributed by atoms with van der Waals surface area (Å²) in [5.74, 6) is -4.37. The summed E-state index contributed by atoms with van der Waals surface area (Å²) in [5, 5.41) is 12.8. The van der Waals surface area contributed by atoms with Crippen LogP contribution in [-0.2, 0) is 11.3 Å². The highest BCUT2D eigenvalue weighted by molar-refractivity contribution is 6.02. The molecule has 302 valence electrons. The molecular weight excluding hydrogens is 761 g/mol. The summed E-state index contributed by atoms with van der Waals surface area (Å²) >= 11 is 0. The average molecular weight is 802 g/mol. The normalized spacial score (nSPS) is 14.4. The number of aromatic nitrogens is 2. The molecule has 3 amide bonds. The summed E-state index contributed by atoms with van der Waals surface area (Å²) in [6.45, 7) is 8.20. The van der Waals surface area contributed by atoms with Gasteiger partial charge in [0.1, 0.15) is 17.3 Å². The van der Waals surface area contributed by atoms with Crippen LogP contribution >= 0.6 is 0 Å². The second-order valence-electron chi connectivity index (χ2n) is 13.9. The summed E-state index contributed by atoms with van der Waals surface area (Å²) in [6.07, 6.45) is -5.08. The molecule has 3 N–H and O–H groups in total. The molecule has 4 aromatic carbocycles. The van der Waals surface area contributed by atoms with Crippen molar-refractivity contribution in [1.82, 2.24) is 25.5 Å². The first-order valence-corrected chi connectivity index (χ1v) is 18.4. The number of aliphatic carboxylic acids is 1. The average Bonchev–Trinajstić information content (AvgIpc) is 3.19. The molecule has 0 aliphatic carbocycles. The third-order valence-electron chi connectivity index (χ3n) is 9.58. The van der Waals surface area contributed by atoms with Crippen molar-refractivity contribution in [3.63, 3.8) is 0 Å². The van der Waals surface area contributed by atoms with Crippen LogP contribution in [0.3, 0.4) is 0 Å². The molecule has 0 bridgehead atoms. The maximum absolute atomic E-state index is 15.3. The van der Waals surface area contributed by atoms with Crippen molar-refractivity contribution in [3.8, 4) is 11.3 Å². The largest absolute Gasteiger partial charge is 0.490 e. The number of carbonyl (C=O) groups excluding carboxylic acids is 2. The Morgan fingerprint density at radius 3 is 1.93 bits per heavy atom. The maximum Gasteiger partial charge on any atom is 0.490 e. The van der Waals surface area contributed by atoms with Gasteiger partial charge in [-0.2, -0.15) is 18.2 Å². The predicted molar refractivity (Wildman–Crippen MR) is 208 cm³/mol. The number of carboxylic acids is 1. The van der Waals surface area contributed by atoms with E-state index in [9.17, 15) is 22.8 Å². The van der Waals surface area contributed by atoms with E-state index in [1.165, 1.54) is 17.2 Å². The Morgan fingerprint density at radius 1 is 0.828 bits per heavy atom. The summed E-state index contributed by atoms with van der Waals surface area (Å²) in [4.78, 5) is 50.8. The molecule has 0 unspecified atom stereocenters. The van der Waals surface area contributed by atoms with Crippen LogP contribution in [0.4, 0.5) is 44.2 Å². The molecule has 5 aromatic rings. The Labute approximate surface area is 331 Å². The smallest absolute Gasteiger partial charge is 0.475 e. The molecule has 7 rings (SSSR count). The number of nitrogens with zero attached hydrogens (tertiary/aromatic N) is 5. The Balaban J connectivity index is 0.000000743. The molecule has 16 heteroatoms. The second kappa shape index (κ2) is 17.4. The van der Waals surface area contributed by atoms with Gasteiger partial charge in [0.25, 0.3) is 5.91 Å². The molecule has 58 heavy (non-hydrogen) atoms. The van der Waals surface area contributed by atoms with Crippen LogP contribution in [0.15, 0.2) is 97.1 Å². The molecular formula is C42H40F5N7O4. The minimum atomic E-state index is -5.08. The van der Waals surface area contributed by atoms with E-state index in [-0.39, 0.29) is 30.4 Å². The predicted octanol–water partition coefficient (Wildman–Crippen LogP) is 7.77. The molecule has 0 atom stereocenters. The Morgan fingerprint density at radius 2 is 1.40 bits per heavy atom. The monoisotopic (exact) mass is 801 g/mol. The molecule has 0 radical (unpaired) electrons. The van der Waals surface area contributed by atoms with Crippen molar-refractivity contribution in [2.24, 2.45) is 0 Å². The van der Waals surface area contributed by atoms with E-state index in [4.69, 9.17) is 19.9 Å². The number of carbonyl (C=O) groups is 3. The zero-order valence-electron chi connectivity index (χ0n) is 31.7. The van der Waals surface area contributed by atoms with E-state index >= 15 is 8.78 Å². The lowest BCUT2D eigenvalue weighted by Gasteiger charge is -2.40. The van der Waals surface area contributed by atoms with Gasteiger partial charge >= 0.3 is 18.2 Å². The summed E-state index contributed by atoms with van der Waals surface area (Å²) in [6, 6.07) is 28.9. The van der Waals surface area contributed by atoms with Gasteiger partial charge < -0.3 is 20.6 Å². The first-order valence-electron chi connectivity index (χ1n) is 18.4. The molecule has 2 aliphatic heterocycles. The zero-order chi connectivity index (χ0) is 41.7. The van der Waals surface area contributed by atoms with Crippen LogP contribution in [-0.4, -0.2) is 76.3 Å². The van der Waals surface area contributed by atoms with Crippen molar-refractivity contribution in [2.45, 2.75) is 45.6 Å². The van der Waals surface area contributed by atoms with E-state index in [1.807, 2.05) is 68.1 Å². The lowest BCUT2D eigenvalue weighted by Crippen LogP contribution is -2.49. The number of halogens is 5. The lowest BCUT2D eigenvalue weighted by atomic mass is 9.96. The maximum atomic E-state index is 15.3. The number of para-hydroxylation sites is 1. The number of alkyl halides is 3. The van der Waals surface area contributed by atoms with Crippen molar-refractivity contribution >= 4 is 35.4 Å². The van der Waals surface area contributed by atoms with E-state index < -0.39 is 35.5 Å². The number of carboxylic acid groups (broad SMARTS) is 1. The zero-order valence-corrected chi connectivity index (χ0v) is 31.7. The molecule has 2 aliphatic rings. The van der Waals surface area contributed by atoms with Gasteiger partial charge in [-0.1, -0.05) is 72.8 Å². The summed E-state index contributed by atoms with van der Waals surface area (Å²) in [5.41, 5.74) is 4.75. The van der Waals surface area contributed by atoms with E-state index in [1.54, 1.807) is 12.1 Å². The molecule has 1 aromatic heterocycles. The van der Waals surface area contributed by atoms with Gasteiger partial charge in [-0.05, 0) is 61.7 Å². The van der Waals surface area contributed by atoms with Crippen LogP contribution in [0, 0.1) is 18.6 Å². The molecule has 11 nitrogen and oxygen atoms in total. The van der Waals surface area contributed by atoms with Gasteiger partial charge in [0.15, 0.2) is 5.82 Å². The molecule has 3 heterocycles. The molecule has 1 saturated heterocycles. The van der Waals surface area contributed by atoms with Crippen LogP contribution in [0.25, 0.3) is 11.3 Å². The number of amides is 3. The SMILES string of the molecule is Cc1ccc(C(=O)NC(C)C)cc1-c1nc(N2CCN(C(c3ccccc3)c3ccccc3)CC2)nc2c1CNC(=O)N2c1c(F)cccc1F.O=C(O)C(F)(F)F. The number of benzene rings is 4. The van der Waals surface area contributed by atoms with Crippen molar-refractivity contribution in [1.29, 1.82) is 0 Å². The van der Waals surface area contributed by atoms with Crippen LogP contribution in [0.2, 0.25) is 0 Å². The number of nitrogens with one attached hydrogen (secondary N) is 2. The van der Waals surface area contributed by atoms with Crippen molar-refractivity contribution in [3.05, 3.63) is 137 Å². The number of rotatable bonds is 8. The fraction of sp³-hybridized carbons (Fsp3) is 0.262. The van der Waals surface area contributed by atoms with Gasteiger partial charge in [0.2, 0.25) is 5.95 Å². The van der Waals surface area contributed by atoms with Gasteiger partial charge in [-0.3, -0.25) is 9.69 Å². The van der Waals surface area contributed by atoms with Crippen molar-refractivity contribution in [2.75, 3.05) is 36.0 Å². The standard InChI is InChI=1S/C40H39F2N7O2.C2HF3O2/c1-25(2)44-38(50)29-18-17-26(3)30(23-29)34-31-24-43-40(51)49(36-32(41)15-10-16-33(36)42)37(31)46-39(45-34)48-21-19-47(20-22-48)35(27-11-6-4-7-12-27)28-13-8-5-9-14-28;3-2(4,5)1(6)7/h4-18,23,25,35H,19-22,24H2,1-3H3,(H,43,51)(H,44,50);(H,6,7). The van der Waals surface area contributed by atoms with Gasteiger partial charge in [0, 0.05) is 48.9 Å². The highest BCUT2D eigenvalue weighted by atomic mass is 19.4. The number of aryl methyl sites for hydroxylation is 1. The minimum Gasteiger partial charge on any atom is -0.475 e. The molecule has 0 saturated carbocycles. The Bertz CT molecular complexity index is 2230. The number of fused-ring (bicyclic) bond motifs is 1. The van der Waals surface area contributed by atoms with Crippen LogP contribution in [0.5, 0.6) is 0 Å². The highest BCUT2D eigenvalue weighted by Crippen LogP contribution is 2.40. The summed E-state index contributed by atoms with van der Waals surface area (Å²) in [7, 11) is 0. The van der Waals surface area contributed by atoms with E-state index in [2.05, 4.69) is 39.8 Å². The minimum absolute atomic E-state index is 0.0296. The second-order valence-corrected chi connectivity index (χ2v) is 13.9. The van der Waals surface area contributed by atoms with Crippen LogP contribution < -0.4 is 20.4 Å². The third kappa shape index (κ3) is 9.07. The summed E-state index contributed by atoms with van der Waals surface area (Å²) < 4.78 is 62.4. The topological polar surface area (TPSA) is 131 Å². The first-order chi connectivity index (χ1) is 27.6. The molecule has 1 fully saturated rings. The third-order valence-corrected chi connectivity index (χ3v) is 9.58.